The Bertz CT molecular complexity index is 787. The van der Waals surface area contributed by atoms with E-state index < -0.39 is 0 Å². The highest BCUT2D eigenvalue weighted by atomic mass is 35.5. The zero-order valence-electron chi connectivity index (χ0n) is 11.2. The van der Waals surface area contributed by atoms with Crippen molar-refractivity contribution in [1.82, 2.24) is 9.97 Å². The molecule has 0 saturated carbocycles. The van der Waals surface area contributed by atoms with E-state index in [1.54, 1.807) is 7.11 Å². The lowest BCUT2D eigenvalue weighted by Crippen LogP contribution is -1.94. The normalized spacial score (nSPS) is 10.8. The summed E-state index contributed by atoms with van der Waals surface area (Å²) in [5, 5.41) is 1.38. The first-order valence-corrected chi connectivity index (χ1v) is 6.64. The fraction of sp³-hybridized carbons (Fsp3) is 0.125. The van der Waals surface area contributed by atoms with Crippen molar-refractivity contribution in [3.05, 3.63) is 53.2 Å². The average molecular weight is 285 g/mol. The van der Waals surface area contributed by atoms with Crippen LogP contribution in [0.5, 0.6) is 5.75 Å². The molecule has 4 heteroatoms. The minimum absolute atomic E-state index is 0.478. The van der Waals surface area contributed by atoms with Gasteiger partial charge in [0, 0.05) is 10.9 Å². The summed E-state index contributed by atoms with van der Waals surface area (Å²) in [6.45, 7) is 2.00. The topological polar surface area (TPSA) is 35.0 Å². The number of halogens is 1. The Labute approximate surface area is 122 Å². The Balaban J connectivity index is 2.22. The van der Waals surface area contributed by atoms with Crippen molar-refractivity contribution in [3.63, 3.8) is 0 Å². The van der Waals surface area contributed by atoms with Gasteiger partial charge in [0.25, 0.3) is 0 Å². The molecule has 0 spiro atoms. The van der Waals surface area contributed by atoms with E-state index in [-0.39, 0.29) is 0 Å². The summed E-state index contributed by atoms with van der Waals surface area (Å²) in [6, 6.07) is 13.5. The van der Waals surface area contributed by atoms with E-state index in [2.05, 4.69) is 9.97 Å². The second-order valence-corrected chi connectivity index (χ2v) is 4.90. The predicted molar refractivity (Wildman–Crippen MR) is 81.3 cm³/mol. The zero-order chi connectivity index (χ0) is 14.1. The van der Waals surface area contributed by atoms with E-state index in [0.717, 1.165) is 27.8 Å². The van der Waals surface area contributed by atoms with Crippen LogP contribution in [0, 0.1) is 6.92 Å². The number of aromatic nitrogens is 2. The van der Waals surface area contributed by atoms with Gasteiger partial charge in [-0.25, -0.2) is 9.97 Å². The molecule has 0 aliphatic carbocycles. The number of ether oxygens (including phenoxy) is 1. The van der Waals surface area contributed by atoms with Crippen molar-refractivity contribution in [2.45, 2.75) is 6.92 Å². The number of rotatable bonds is 2. The summed E-state index contributed by atoms with van der Waals surface area (Å²) in [5.41, 5.74) is 2.81. The van der Waals surface area contributed by atoms with Gasteiger partial charge in [-0.15, -0.1) is 0 Å². The molecule has 0 fully saturated rings. The van der Waals surface area contributed by atoms with Gasteiger partial charge in [0.05, 0.1) is 12.6 Å². The Morgan fingerprint density at radius 3 is 2.65 bits per heavy atom. The van der Waals surface area contributed by atoms with E-state index in [9.17, 15) is 0 Å². The predicted octanol–water partition coefficient (Wildman–Crippen LogP) is 4.27. The largest absolute Gasteiger partial charge is 0.497 e. The van der Waals surface area contributed by atoms with Crippen molar-refractivity contribution < 1.29 is 4.74 Å². The Morgan fingerprint density at radius 2 is 1.85 bits per heavy atom. The lowest BCUT2D eigenvalue weighted by Gasteiger charge is -2.07. The molecule has 100 valence electrons. The highest BCUT2D eigenvalue weighted by Crippen LogP contribution is 2.28. The Morgan fingerprint density at radius 1 is 1.05 bits per heavy atom. The van der Waals surface area contributed by atoms with Crippen molar-refractivity contribution in [1.29, 1.82) is 0 Å². The van der Waals surface area contributed by atoms with Crippen LogP contribution in [-0.2, 0) is 0 Å². The molecule has 0 aliphatic heterocycles. The molecule has 0 aliphatic rings. The van der Waals surface area contributed by atoms with Crippen molar-refractivity contribution >= 4 is 22.5 Å². The fourth-order valence-corrected chi connectivity index (χ4v) is 2.52. The molecule has 20 heavy (non-hydrogen) atoms. The van der Waals surface area contributed by atoms with Gasteiger partial charge < -0.3 is 4.74 Å². The summed E-state index contributed by atoms with van der Waals surface area (Å²) in [5.74, 6) is 1.37. The van der Waals surface area contributed by atoms with Gasteiger partial charge in [0.1, 0.15) is 10.9 Å². The van der Waals surface area contributed by atoms with Crippen LogP contribution in [0.25, 0.3) is 22.3 Å². The third-order valence-electron chi connectivity index (χ3n) is 3.22. The number of hydrogen-bond donors (Lipinski definition) is 0. The van der Waals surface area contributed by atoms with Crippen molar-refractivity contribution in [3.8, 4) is 17.1 Å². The van der Waals surface area contributed by atoms with Gasteiger partial charge in [-0.3, -0.25) is 0 Å². The van der Waals surface area contributed by atoms with Crippen LogP contribution < -0.4 is 4.74 Å². The van der Waals surface area contributed by atoms with E-state index >= 15 is 0 Å². The first kappa shape index (κ1) is 12.9. The monoisotopic (exact) mass is 284 g/mol. The molecule has 1 aromatic heterocycles. The van der Waals surface area contributed by atoms with Crippen LogP contribution >= 0.6 is 11.6 Å². The molecular weight excluding hydrogens is 272 g/mol. The van der Waals surface area contributed by atoms with Gasteiger partial charge in [-0.2, -0.15) is 0 Å². The number of benzene rings is 2. The third kappa shape index (κ3) is 2.21. The van der Waals surface area contributed by atoms with Gasteiger partial charge >= 0.3 is 0 Å². The lowest BCUT2D eigenvalue weighted by molar-refractivity contribution is 0.415. The Kier molecular flexibility index (Phi) is 3.28. The van der Waals surface area contributed by atoms with Gasteiger partial charge in [0.2, 0.25) is 0 Å². The lowest BCUT2D eigenvalue weighted by atomic mass is 10.1. The van der Waals surface area contributed by atoms with E-state index in [1.165, 1.54) is 0 Å². The number of nitrogens with zero attached hydrogens (tertiary/aromatic N) is 2. The molecule has 0 radical (unpaired) electrons. The molecule has 3 nitrogen and oxygen atoms in total. The second kappa shape index (κ2) is 5.10. The molecule has 0 atom stereocenters. The Hall–Kier alpha value is -2.13. The highest BCUT2D eigenvalue weighted by molar-refractivity contribution is 6.34. The number of methoxy groups -OCH3 is 1. The maximum atomic E-state index is 6.31. The first-order valence-electron chi connectivity index (χ1n) is 6.26. The molecule has 0 bridgehead atoms. The molecule has 0 unspecified atom stereocenters. The quantitative estimate of drug-likeness (QED) is 0.659. The smallest absolute Gasteiger partial charge is 0.161 e. The van der Waals surface area contributed by atoms with Gasteiger partial charge in [-0.1, -0.05) is 35.9 Å². The molecule has 3 rings (SSSR count). The molecule has 0 saturated heterocycles. The number of fused-ring (bicyclic) bond motifs is 1. The van der Waals surface area contributed by atoms with E-state index in [4.69, 9.17) is 16.3 Å². The number of hydrogen-bond acceptors (Lipinski definition) is 3. The van der Waals surface area contributed by atoms with E-state index in [0.29, 0.717) is 11.0 Å². The molecular formula is C16H13ClN2O. The van der Waals surface area contributed by atoms with Gasteiger partial charge in [-0.05, 0) is 30.7 Å². The van der Waals surface area contributed by atoms with Crippen LogP contribution in [0.4, 0.5) is 0 Å². The first-order chi connectivity index (χ1) is 9.69. The van der Waals surface area contributed by atoms with Crippen LogP contribution in [-0.4, -0.2) is 17.1 Å². The summed E-state index contributed by atoms with van der Waals surface area (Å²) in [4.78, 5) is 9.00. The summed E-state index contributed by atoms with van der Waals surface area (Å²) in [6.07, 6.45) is 0. The summed E-state index contributed by atoms with van der Waals surface area (Å²) in [7, 11) is 1.64. The molecule has 0 amide bonds. The summed E-state index contributed by atoms with van der Waals surface area (Å²) >= 11 is 6.31. The highest BCUT2D eigenvalue weighted by Gasteiger charge is 2.10. The van der Waals surface area contributed by atoms with Crippen LogP contribution in [0.3, 0.4) is 0 Å². The van der Waals surface area contributed by atoms with Crippen molar-refractivity contribution in [2.24, 2.45) is 0 Å². The standard InChI is InChI=1S/C16H13ClN2O/c1-10-5-3-8-13-14(10)15(17)19-16(18-13)11-6-4-7-12(9-11)20-2/h3-9H,1-2H3. The van der Waals surface area contributed by atoms with E-state index in [1.807, 2.05) is 49.4 Å². The maximum Gasteiger partial charge on any atom is 0.161 e. The van der Waals surface area contributed by atoms with Crippen molar-refractivity contribution in [2.75, 3.05) is 7.11 Å². The fourth-order valence-electron chi connectivity index (χ4n) is 2.19. The van der Waals surface area contributed by atoms with Gasteiger partial charge in [0.15, 0.2) is 5.82 Å². The average Bonchev–Trinajstić information content (AvgIpc) is 2.47. The molecule has 2 aromatic carbocycles. The maximum absolute atomic E-state index is 6.31. The second-order valence-electron chi connectivity index (χ2n) is 4.54. The van der Waals surface area contributed by atoms with Crippen LogP contribution in [0.2, 0.25) is 5.15 Å². The third-order valence-corrected chi connectivity index (χ3v) is 3.49. The molecule has 3 aromatic rings. The minimum Gasteiger partial charge on any atom is -0.497 e. The van der Waals surface area contributed by atoms with Crippen LogP contribution in [0.15, 0.2) is 42.5 Å². The summed E-state index contributed by atoms with van der Waals surface area (Å²) < 4.78 is 5.22. The molecule has 1 heterocycles. The zero-order valence-corrected chi connectivity index (χ0v) is 12.0. The number of aryl methyl sites for hydroxylation is 1. The van der Waals surface area contributed by atoms with Crippen LogP contribution in [0.1, 0.15) is 5.56 Å². The minimum atomic E-state index is 0.478. The SMILES string of the molecule is COc1cccc(-c2nc(Cl)c3c(C)cccc3n2)c1. The molecule has 0 N–H and O–H groups in total.